The summed E-state index contributed by atoms with van der Waals surface area (Å²) < 4.78 is 11.7. The van der Waals surface area contributed by atoms with Crippen LogP contribution >= 0.6 is 11.3 Å². The van der Waals surface area contributed by atoms with E-state index >= 15 is 0 Å². The van der Waals surface area contributed by atoms with Crippen LogP contribution in [0.25, 0.3) is 0 Å². The Hall–Kier alpha value is -1.64. The van der Waals surface area contributed by atoms with E-state index in [-0.39, 0.29) is 18.1 Å². The lowest BCUT2D eigenvalue weighted by Gasteiger charge is -2.37. The van der Waals surface area contributed by atoms with Crippen molar-refractivity contribution in [2.45, 2.75) is 31.5 Å². The molecule has 7 nitrogen and oxygen atoms in total. The zero-order valence-electron chi connectivity index (χ0n) is 15.3. The molecule has 0 aromatic carbocycles. The maximum atomic E-state index is 11.9. The van der Waals surface area contributed by atoms with Crippen molar-refractivity contribution < 1.29 is 14.3 Å². The van der Waals surface area contributed by atoms with Crippen LogP contribution in [0, 0.1) is 0 Å². The number of nitrogens with one attached hydrogen (secondary N) is 2. The van der Waals surface area contributed by atoms with Gasteiger partial charge in [-0.15, -0.1) is 11.3 Å². The minimum atomic E-state index is -0.00281. The summed E-state index contributed by atoms with van der Waals surface area (Å²) in [6.45, 7) is 4.58. The normalized spacial score (nSPS) is 23.9. The molecule has 2 N–H and O–H groups in total. The molecule has 0 bridgehead atoms. The maximum absolute atomic E-state index is 11.9. The Balaban J connectivity index is 1.36. The second-order valence-corrected chi connectivity index (χ2v) is 7.42. The number of hydrogen-bond acceptors (Lipinski definition) is 5. The molecule has 1 amide bonds. The highest BCUT2D eigenvalue weighted by Crippen LogP contribution is 2.21. The van der Waals surface area contributed by atoms with Crippen molar-refractivity contribution in [1.82, 2.24) is 15.5 Å². The molecule has 26 heavy (non-hydrogen) atoms. The topological polar surface area (TPSA) is 75.2 Å². The van der Waals surface area contributed by atoms with Gasteiger partial charge in [-0.05, 0) is 30.7 Å². The molecule has 0 radical (unpaired) electrons. The number of carbonyl (C=O) groups excluding carboxylic acids is 1. The summed E-state index contributed by atoms with van der Waals surface area (Å²) in [4.78, 5) is 19.3. The Morgan fingerprint density at radius 1 is 1.31 bits per heavy atom. The van der Waals surface area contributed by atoms with Gasteiger partial charge in [0.15, 0.2) is 5.96 Å². The highest BCUT2D eigenvalue weighted by atomic mass is 32.1. The first-order valence-electron chi connectivity index (χ1n) is 9.28. The molecule has 2 atom stereocenters. The third kappa shape index (κ3) is 5.18. The molecule has 2 fully saturated rings. The lowest BCUT2D eigenvalue weighted by Crippen LogP contribution is -2.53. The molecule has 3 rings (SSSR count). The van der Waals surface area contributed by atoms with Crippen molar-refractivity contribution in [2.24, 2.45) is 4.99 Å². The first-order valence-corrected chi connectivity index (χ1v) is 10.2. The second-order valence-electron chi connectivity index (χ2n) is 6.47. The minimum Gasteiger partial charge on any atom is -0.375 e. The van der Waals surface area contributed by atoms with Crippen LogP contribution in [0.15, 0.2) is 22.5 Å². The summed E-state index contributed by atoms with van der Waals surface area (Å²) in [5.41, 5.74) is 0. The van der Waals surface area contributed by atoms with Gasteiger partial charge in [-0.1, -0.05) is 6.07 Å². The van der Waals surface area contributed by atoms with Crippen molar-refractivity contribution >= 4 is 23.2 Å². The summed E-state index contributed by atoms with van der Waals surface area (Å²) in [6.07, 6.45) is 3.37. The van der Waals surface area contributed by atoms with Gasteiger partial charge >= 0.3 is 0 Å². The molecule has 0 aliphatic carbocycles. The molecule has 0 saturated carbocycles. The number of hydrogen-bond donors (Lipinski definition) is 2. The minimum absolute atomic E-state index is 0.00281. The molecular weight excluding hydrogens is 352 g/mol. The standard InChI is InChI=1S/C18H28N4O3S/c1-19-18(21-8-4-7-20-17(23)16-6-3-12-26-16)22-9-11-25-15(13-22)14-5-2-10-24-14/h3,6,12,14-15H,2,4-5,7-11,13H2,1H3,(H,19,21)(H,20,23). The molecule has 1 aromatic rings. The van der Waals surface area contributed by atoms with Gasteiger partial charge in [0.05, 0.1) is 17.6 Å². The summed E-state index contributed by atoms with van der Waals surface area (Å²) in [5.74, 6) is 0.887. The Morgan fingerprint density at radius 3 is 2.88 bits per heavy atom. The van der Waals surface area contributed by atoms with Gasteiger partial charge in [-0.25, -0.2) is 0 Å². The van der Waals surface area contributed by atoms with Crippen molar-refractivity contribution in [3.63, 3.8) is 0 Å². The number of guanidine groups is 1. The van der Waals surface area contributed by atoms with Crippen LogP contribution in [0.3, 0.4) is 0 Å². The fourth-order valence-electron chi connectivity index (χ4n) is 3.31. The molecule has 144 valence electrons. The van der Waals surface area contributed by atoms with Gasteiger partial charge in [0.1, 0.15) is 6.10 Å². The van der Waals surface area contributed by atoms with Gasteiger partial charge in [0.25, 0.3) is 5.91 Å². The average molecular weight is 381 g/mol. The van der Waals surface area contributed by atoms with E-state index in [2.05, 4.69) is 20.5 Å². The molecule has 2 saturated heterocycles. The van der Waals surface area contributed by atoms with Crippen LogP contribution in [0.4, 0.5) is 0 Å². The summed E-state index contributed by atoms with van der Waals surface area (Å²) >= 11 is 1.46. The van der Waals surface area contributed by atoms with E-state index in [1.807, 2.05) is 17.5 Å². The Kier molecular flexibility index (Phi) is 7.28. The number of carbonyl (C=O) groups is 1. The smallest absolute Gasteiger partial charge is 0.261 e. The van der Waals surface area contributed by atoms with Crippen molar-refractivity contribution in [2.75, 3.05) is 46.4 Å². The van der Waals surface area contributed by atoms with E-state index in [4.69, 9.17) is 9.47 Å². The van der Waals surface area contributed by atoms with E-state index in [1.54, 1.807) is 7.05 Å². The molecule has 8 heteroatoms. The molecule has 2 aliphatic rings. The van der Waals surface area contributed by atoms with Crippen LogP contribution in [-0.2, 0) is 9.47 Å². The Morgan fingerprint density at radius 2 is 2.15 bits per heavy atom. The zero-order chi connectivity index (χ0) is 18.2. The fourth-order valence-corrected chi connectivity index (χ4v) is 3.95. The lowest BCUT2D eigenvalue weighted by molar-refractivity contribution is -0.0816. The third-order valence-electron chi connectivity index (χ3n) is 4.65. The number of thiophene rings is 1. The number of amides is 1. The maximum Gasteiger partial charge on any atom is 0.261 e. The monoisotopic (exact) mass is 380 g/mol. The fraction of sp³-hybridized carbons (Fsp3) is 0.667. The van der Waals surface area contributed by atoms with Crippen LogP contribution < -0.4 is 10.6 Å². The molecule has 0 spiro atoms. The second kappa shape index (κ2) is 9.89. The van der Waals surface area contributed by atoms with Crippen LogP contribution in [0.1, 0.15) is 28.9 Å². The van der Waals surface area contributed by atoms with Gasteiger partial charge in [0, 0.05) is 39.8 Å². The third-order valence-corrected chi connectivity index (χ3v) is 5.52. The number of aliphatic imine (C=N–C) groups is 1. The van der Waals surface area contributed by atoms with Crippen LogP contribution in [-0.4, -0.2) is 75.4 Å². The lowest BCUT2D eigenvalue weighted by atomic mass is 10.1. The van der Waals surface area contributed by atoms with Crippen LogP contribution in [0.5, 0.6) is 0 Å². The first-order chi connectivity index (χ1) is 12.8. The number of nitrogens with zero attached hydrogens (tertiary/aromatic N) is 2. The van der Waals surface area contributed by atoms with E-state index in [1.165, 1.54) is 11.3 Å². The molecule has 2 aliphatic heterocycles. The largest absolute Gasteiger partial charge is 0.375 e. The SMILES string of the molecule is CN=C(NCCCNC(=O)c1cccs1)N1CCOC(C2CCCO2)C1. The van der Waals surface area contributed by atoms with E-state index in [0.29, 0.717) is 13.2 Å². The van der Waals surface area contributed by atoms with Crippen molar-refractivity contribution in [1.29, 1.82) is 0 Å². The summed E-state index contributed by atoms with van der Waals surface area (Å²) in [5, 5.41) is 8.24. The molecule has 1 aromatic heterocycles. The molecule has 2 unspecified atom stereocenters. The quantitative estimate of drug-likeness (QED) is 0.442. The predicted octanol–water partition coefficient (Wildman–Crippen LogP) is 1.32. The predicted molar refractivity (Wildman–Crippen MR) is 103 cm³/mol. The number of ether oxygens (including phenoxy) is 2. The van der Waals surface area contributed by atoms with E-state index in [0.717, 1.165) is 56.3 Å². The Labute approximate surface area is 158 Å². The van der Waals surface area contributed by atoms with Crippen molar-refractivity contribution in [3.8, 4) is 0 Å². The summed E-state index contributed by atoms with van der Waals surface area (Å²) in [7, 11) is 1.80. The van der Waals surface area contributed by atoms with Crippen molar-refractivity contribution in [3.05, 3.63) is 22.4 Å². The summed E-state index contributed by atoms with van der Waals surface area (Å²) in [6, 6.07) is 3.72. The first kappa shape index (κ1) is 19.1. The number of morpholine rings is 1. The van der Waals surface area contributed by atoms with E-state index < -0.39 is 0 Å². The van der Waals surface area contributed by atoms with E-state index in [9.17, 15) is 4.79 Å². The molecular formula is C18H28N4O3S. The Bertz CT molecular complexity index is 587. The highest BCUT2D eigenvalue weighted by Gasteiger charge is 2.32. The van der Waals surface area contributed by atoms with Gasteiger partial charge < -0.3 is 25.0 Å². The molecule has 3 heterocycles. The highest BCUT2D eigenvalue weighted by molar-refractivity contribution is 7.12. The van der Waals surface area contributed by atoms with Gasteiger partial charge in [-0.3, -0.25) is 9.79 Å². The van der Waals surface area contributed by atoms with Gasteiger partial charge in [-0.2, -0.15) is 0 Å². The van der Waals surface area contributed by atoms with Crippen LogP contribution in [0.2, 0.25) is 0 Å². The zero-order valence-corrected chi connectivity index (χ0v) is 16.1. The average Bonchev–Trinajstić information content (AvgIpc) is 3.38. The van der Waals surface area contributed by atoms with Gasteiger partial charge in [0.2, 0.25) is 0 Å². The number of rotatable bonds is 6.